The predicted molar refractivity (Wildman–Crippen MR) is 77.3 cm³/mol. The Morgan fingerprint density at radius 1 is 1.26 bits per heavy atom. The van der Waals surface area contributed by atoms with Crippen LogP contribution in [0.3, 0.4) is 0 Å². The minimum atomic E-state index is -0.00113. The van der Waals surface area contributed by atoms with Crippen molar-refractivity contribution in [3.05, 3.63) is 23.1 Å². The van der Waals surface area contributed by atoms with Crippen molar-refractivity contribution in [2.45, 2.75) is 13.3 Å². The Morgan fingerprint density at radius 2 is 1.95 bits per heavy atom. The number of ether oxygens (including phenoxy) is 2. The molecule has 0 fully saturated rings. The van der Waals surface area contributed by atoms with Gasteiger partial charge in [-0.25, -0.2) is 0 Å². The molecule has 0 saturated heterocycles. The number of carbonyl (C=O) groups excluding carboxylic acids is 1. The van der Waals surface area contributed by atoms with Gasteiger partial charge in [-0.3, -0.25) is 4.79 Å². The maximum absolute atomic E-state index is 10.9. The summed E-state index contributed by atoms with van der Waals surface area (Å²) in [5.41, 5.74) is 1.22. The van der Waals surface area contributed by atoms with Crippen LogP contribution in [0.4, 0.5) is 0 Å². The summed E-state index contributed by atoms with van der Waals surface area (Å²) in [6, 6.07) is 3.98. The molecule has 102 valence electrons. The number of hydrogen-bond donors (Lipinski definition) is 1. The molecule has 1 N–H and O–H groups in total. The van der Waals surface area contributed by atoms with Crippen molar-refractivity contribution in [3.8, 4) is 11.5 Å². The SMILES string of the molecule is COc1cc2scc(CCNC(C)=O)c2cc1OC. The third-order valence-corrected chi connectivity index (χ3v) is 3.92. The molecule has 0 aliphatic carbocycles. The van der Waals surface area contributed by atoms with Gasteiger partial charge in [-0.05, 0) is 28.8 Å². The lowest BCUT2D eigenvalue weighted by Crippen LogP contribution is -2.22. The van der Waals surface area contributed by atoms with E-state index in [1.165, 1.54) is 12.5 Å². The zero-order valence-electron chi connectivity index (χ0n) is 11.3. The van der Waals surface area contributed by atoms with Crippen molar-refractivity contribution in [3.63, 3.8) is 0 Å². The molecule has 1 aromatic carbocycles. The van der Waals surface area contributed by atoms with Crippen LogP contribution in [-0.2, 0) is 11.2 Å². The second kappa shape index (κ2) is 5.93. The quantitative estimate of drug-likeness (QED) is 0.915. The van der Waals surface area contributed by atoms with Crippen molar-refractivity contribution in [2.75, 3.05) is 20.8 Å². The minimum absolute atomic E-state index is 0.00113. The zero-order chi connectivity index (χ0) is 13.8. The molecule has 1 heterocycles. The van der Waals surface area contributed by atoms with E-state index >= 15 is 0 Å². The Morgan fingerprint density at radius 3 is 2.58 bits per heavy atom. The van der Waals surface area contributed by atoms with Crippen molar-refractivity contribution >= 4 is 27.3 Å². The summed E-state index contributed by atoms with van der Waals surface area (Å²) in [5.74, 6) is 1.47. The summed E-state index contributed by atoms with van der Waals surface area (Å²) in [6.07, 6.45) is 0.815. The minimum Gasteiger partial charge on any atom is -0.493 e. The summed E-state index contributed by atoms with van der Waals surface area (Å²) < 4.78 is 11.8. The molecule has 19 heavy (non-hydrogen) atoms. The molecule has 2 rings (SSSR count). The number of rotatable bonds is 5. The highest BCUT2D eigenvalue weighted by Crippen LogP contribution is 2.36. The van der Waals surface area contributed by atoms with Gasteiger partial charge in [0, 0.05) is 24.2 Å². The maximum atomic E-state index is 10.9. The van der Waals surface area contributed by atoms with E-state index in [1.807, 2.05) is 12.1 Å². The number of benzene rings is 1. The average Bonchev–Trinajstić information content (AvgIpc) is 2.79. The van der Waals surface area contributed by atoms with E-state index in [0.29, 0.717) is 6.54 Å². The third kappa shape index (κ3) is 2.98. The van der Waals surface area contributed by atoms with Gasteiger partial charge in [0.05, 0.1) is 14.2 Å². The normalized spacial score (nSPS) is 10.5. The topological polar surface area (TPSA) is 47.6 Å². The Labute approximate surface area is 116 Å². The highest BCUT2D eigenvalue weighted by Gasteiger charge is 2.10. The number of methoxy groups -OCH3 is 2. The molecule has 0 bridgehead atoms. The van der Waals surface area contributed by atoms with E-state index in [0.717, 1.165) is 28.0 Å². The first-order valence-electron chi connectivity index (χ1n) is 6.02. The largest absolute Gasteiger partial charge is 0.493 e. The van der Waals surface area contributed by atoms with E-state index in [9.17, 15) is 4.79 Å². The number of nitrogens with one attached hydrogen (secondary N) is 1. The summed E-state index contributed by atoms with van der Waals surface area (Å²) in [7, 11) is 3.27. The van der Waals surface area contributed by atoms with Crippen LogP contribution < -0.4 is 14.8 Å². The summed E-state index contributed by atoms with van der Waals surface area (Å²) in [4.78, 5) is 10.9. The number of thiophene rings is 1. The van der Waals surface area contributed by atoms with Gasteiger partial charge in [0.15, 0.2) is 11.5 Å². The number of carbonyl (C=O) groups is 1. The average molecular weight is 279 g/mol. The molecule has 4 nitrogen and oxygen atoms in total. The van der Waals surface area contributed by atoms with Gasteiger partial charge in [0.25, 0.3) is 0 Å². The summed E-state index contributed by atoms with van der Waals surface area (Å²) in [5, 5.41) is 6.09. The molecule has 0 aliphatic heterocycles. The highest BCUT2D eigenvalue weighted by atomic mass is 32.1. The fraction of sp³-hybridized carbons (Fsp3) is 0.357. The van der Waals surface area contributed by atoms with Crippen molar-refractivity contribution in [1.29, 1.82) is 0 Å². The molecule has 5 heteroatoms. The van der Waals surface area contributed by atoms with Crippen LogP contribution in [0.25, 0.3) is 10.1 Å². The number of amides is 1. The standard InChI is InChI=1S/C14H17NO3S/c1-9(16)15-5-4-10-8-19-14-7-13(18-3)12(17-2)6-11(10)14/h6-8H,4-5H2,1-3H3,(H,15,16). The van der Waals surface area contributed by atoms with Gasteiger partial charge in [0.2, 0.25) is 5.91 Å². The Kier molecular flexibility index (Phi) is 4.27. The Bertz CT molecular complexity index is 592. The van der Waals surface area contributed by atoms with Crippen molar-refractivity contribution < 1.29 is 14.3 Å². The van der Waals surface area contributed by atoms with Crippen LogP contribution in [0, 0.1) is 0 Å². The fourth-order valence-corrected chi connectivity index (χ4v) is 2.98. The molecule has 2 aromatic rings. The van der Waals surface area contributed by atoms with Gasteiger partial charge >= 0.3 is 0 Å². The molecule has 1 aromatic heterocycles. The van der Waals surface area contributed by atoms with Crippen molar-refractivity contribution in [1.82, 2.24) is 5.32 Å². The Hall–Kier alpha value is -1.75. The van der Waals surface area contributed by atoms with Gasteiger partial charge in [-0.2, -0.15) is 0 Å². The number of fused-ring (bicyclic) bond motifs is 1. The van der Waals surface area contributed by atoms with E-state index in [1.54, 1.807) is 25.6 Å². The second-order valence-electron chi connectivity index (χ2n) is 4.20. The van der Waals surface area contributed by atoms with Gasteiger partial charge < -0.3 is 14.8 Å². The molecule has 0 atom stereocenters. The van der Waals surface area contributed by atoms with Crippen molar-refractivity contribution in [2.24, 2.45) is 0 Å². The van der Waals surface area contributed by atoms with Crippen LogP contribution in [-0.4, -0.2) is 26.7 Å². The van der Waals surface area contributed by atoms with Crippen LogP contribution in [0.2, 0.25) is 0 Å². The molecular weight excluding hydrogens is 262 g/mol. The van der Waals surface area contributed by atoms with Crippen LogP contribution in [0.15, 0.2) is 17.5 Å². The van der Waals surface area contributed by atoms with E-state index in [4.69, 9.17) is 9.47 Å². The summed E-state index contributed by atoms with van der Waals surface area (Å²) in [6.45, 7) is 2.18. The first kappa shape index (κ1) is 13.7. The molecule has 0 unspecified atom stereocenters. The van der Waals surface area contributed by atoms with Crippen LogP contribution in [0.5, 0.6) is 11.5 Å². The Balaban J connectivity index is 2.28. The van der Waals surface area contributed by atoms with Gasteiger partial charge in [0.1, 0.15) is 0 Å². The van der Waals surface area contributed by atoms with E-state index < -0.39 is 0 Å². The maximum Gasteiger partial charge on any atom is 0.216 e. The van der Waals surface area contributed by atoms with Crippen LogP contribution in [0.1, 0.15) is 12.5 Å². The van der Waals surface area contributed by atoms with Crippen LogP contribution >= 0.6 is 11.3 Å². The monoisotopic (exact) mass is 279 g/mol. The zero-order valence-corrected chi connectivity index (χ0v) is 12.1. The first-order chi connectivity index (χ1) is 9.15. The molecular formula is C14H17NO3S. The second-order valence-corrected chi connectivity index (χ2v) is 5.11. The van der Waals surface area contributed by atoms with E-state index in [-0.39, 0.29) is 5.91 Å². The number of hydrogen-bond acceptors (Lipinski definition) is 4. The lowest BCUT2D eigenvalue weighted by Gasteiger charge is -2.08. The summed E-state index contributed by atoms with van der Waals surface area (Å²) >= 11 is 1.67. The molecule has 0 spiro atoms. The molecule has 1 amide bonds. The smallest absolute Gasteiger partial charge is 0.216 e. The molecule has 0 aliphatic rings. The third-order valence-electron chi connectivity index (χ3n) is 2.93. The molecule has 0 saturated carbocycles. The lowest BCUT2D eigenvalue weighted by atomic mass is 10.1. The first-order valence-corrected chi connectivity index (χ1v) is 6.90. The molecule has 0 radical (unpaired) electrons. The van der Waals surface area contributed by atoms with Gasteiger partial charge in [-0.1, -0.05) is 0 Å². The fourth-order valence-electron chi connectivity index (χ4n) is 1.97. The van der Waals surface area contributed by atoms with Gasteiger partial charge in [-0.15, -0.1) is 11.3 Å². The highest BCUT2D eigenvalue weighted by molar-refractivity contribution is 7.17. The van der Waals surface area contributed by atoms with E-state index in [2.05, 4.69) is 10.7 Å². The lowest BCUT2D eigenvalue weighted by molar-refractivity contribution is -0.118. The predicted octanol–water partition coefficient (Wildman–Crippen LogP) is 2.60.